The normalized spacial score (nSPS) is 12.3. The maximum Gasteiger partial charge on any atom is 0.432 e. The van der Waals surface area contributed by atoms with Gasteiger partial charge in [-0.15, -0.1) is 0 Å². The van der Waals surface area contributed by atoms with E-state index in [0.717, 1.165) is 6.20 Å². The summed E-state index contributed by atoms with van der Waals surface area (Å²) >= 11 is 0. The summed E-state index contributed by atoms with van der Waals surface area (Å²) in [7, 11) is 0. The molecule has 1 heterocycles. The van der Waals surface area contributed by atoms with E-state index in [1.165, 1.54) is 0 Å². The van der Waals surface area contributed by atoms with Crippen LogP contribution < -0.4 is 0 Å². The van der Waals surface area contributed by atoms with Crippen LogP contribution in [0.2, 0.25) is 0 Å². The molecule has 6 nitrogen and oxygen atoms in total. The molecule has 6 heteroatoms. The Labute approximate surface area is 117 Å². The number of carbonyl (C=O) groups excluding carboxylic acids is 2. The Hall–Kier alpha value is -1.98. The fourth-order valence-corrected chi connectivity index (χ4v) is 1.56. The molecule has 0 spiro atoms. The van der Waals surface area contributed by atoms with E-state index in [1.807, 2.05) is 0 Å². The van der Waals surface area contributed by atoms with Gasteiger partial charge < -0.3 is 5.11 Å². The average molecular weight is 280 g/mol. The Morgan fingerprint density at radius 1 is 1.00 bits per heavy atom. The van der Waals surface area contributed by atoms with Crippen LogP contribution in [0.5, 0.6) is 0 Å². The zero-order chi connectivity index (χ0) is 15.9. The van der Waals surface area contributed by atoms with Gasteiger partial charge in [-0.2, -0.15) is 9.78 Å². The van der Waals surface area contributed by atoms with Crippen molar-refractivity contribution in [2.24, 2.45) is 10.8 Å². The van der Waals surface area contributed by atoms with E-state index in [1.54, 1.807) is 41.5 Å². The van der Waals surface area contributed by atoms with Gasteiger partial charge in [0.15, 0.2) is 11.6 Å². The summed E-state index contributed by atoms with van der Waals surface area (Å²) < 4.78 is 0.609. The van der Waals surface area contributed by atoms with Crippen molar-refractivity contribution in [3.63, 3.8) is 0 Å². The molecule has 0 aliphatic carbocycles. The Kier molecular flexibility index (Phi) is 3.90. The summed E-state index contributed by atoms with van der Waals surface area (Å²) in [5, 5.41) is 12.7. The average Bonchev–Trinajstić information content (AvgIpc) is 2.68. The third-order valence-corrected chi connectivity index (χ3v) is 2.73. The lowest BCUT2D eigenvalue weighted by atomic mass is 9.82. The number of nitrogens with zero attached hydrogens (tertiary/aromatic N) is 2. The van der Waals surface area contributed by atoms with Crippen LogP contribution in [0.3, 0.4) is 0 Å². The molecule has 1 aromatic rings. The van der Waals surface area contributed by atoms with Crippen molar-refractivity contribution in [1.29, 1.82) is 0 Å². The lowest BCUT2D eigenvalue weighted by Crippen LogP contribution is -2.26. The fourth-order valence-electron chi connectivity index (χ4n) is 1.56. The minimum absolute atomic E-state index is 0.0554. The molecule has 0 aliphatic heterocycles. The third-order valence-electron chi connectivity index (χ3n) is 2.73. The molecular formula is C14H20N2O4. The highest BCUT2D eigenvalue weighted by Gasteiger charge is 2.34. The van der Waals surface area contributed by atoms with Crippen molar-refractivity contribution in [2.75, 3.05) is 0 Å². The largest absolute Gasteiger partial charge is 0.463 e. The monoisotopic (exact) mass is 280 g/mol. The van der Waals surface area contributed by atoms with Gasteiger partial charge in [0.05, 0.1) is 5.56 Å². The van der Waals surface area contributed by atoms with Gasteiger partial charge in [-0.05, 0) is 0 Å². The summed E-state index contributed by atoms with van der Waals surface area (Å²) in [4.78, 5) is 35.7. The Morgan fingerprint density at radius 2 is 1.45 bits per heavy atom. The smallest absolute Gasteiger partial charge is 0.432 e. The summed E-state index contributed by atoms with van der Waals surface area (Å²) in [6.07, 6.45) is -0.226. The zero-order valence-corrected chi connectivity index (χ0v) is 12.6. The molecule has 1 N–H and O–H groups in total. The Balaban J connectivity index is 3.47. The number of rotatable bonds is 2. The molecule has 0 fully saturated rings. The maximum atomic E-state index is 12.4. The molecule has 0 saturated heterocycles. The number of aromatic nitrogens is 2. The van der Waals surface area contributed by atoms with Crippen LogP contribution in [0, 0.1) is 10.8 Å². The number of Topliss-reactive ketones (excluding diaryl/α,β-unsaturated/α-hetero) is 2. The number of hydrogen-bond donors (Lipinski definition) is 1. The first-order valence-corrected chi connectivity index (χ1v) is 6.28. The molecule has 20 heavy (non-hydrogen) atoms. The standard InChI is InChI=1S/C14H20N2O4/c1-13(2,3)10(17)8-7-16(12(19)20)15-9(8)11(18)14(4,5)6/h7H,1-6H3,(H,19,20). The summed E-state index contributed by atoms with van der Waals surface area (Å²) in [5.74, 6) is -0.664. The van der Waals surface area contributed by atoms with Crippen LogP contribution in [0.1, 0.15) is 62.4 Å². The van der Waals surface area contributed by atoms with E-state index in [9.17, 15) is 14.4 Å². The highest BCUT2D eigenvalue weighted by atomic mass is 16.4. The minimum Gasteiger partial charge on any atom is -0.463 e. The number of carboxylic acid groups (broad SMARTS) is 1. The lowest BCUT2D eigenvalue weighted by Gasteiger charge is -2.19. The number of ketones is 2. The van der Waals surface area contributed by atoms with Crippen molar-refractivity contribution in [3.8, 4) is 0 Å². The Morgan fingerprint density at radius 3 is 1.80 bits per heavy atom. The van der Waals surface area contributed by atoms with Crippen LogP contribution in [0.15, 0.2) is 6.20 Å². The van der Waals surface area contributed by atoms with Gasteiger partial charge in [0.2, 0.25) is 0 Å². The van der Waals surface area contributed by atoms with Crippen molar-refractivity contribution in [3.05, 3.63) is 17.5 Å². The van der Waals surface area contributed by atoms with Crippen LogP contribution in [0.4, 0.5) is 4.79 Å². The van der Waals surface area contributed by atoms with Gasteiger partial charge in [0, 0.05) is 17.0 Å². The maximum absolute atomic E-state index is 12.4. The topological polar surface area (TPSA) is 89.3 Å². The quantitative estimate of drug-likeness (QED) is 0.841. The number of hydrogen-bond acceptors (Lipinski definition) is 4. The van der Waals surface area contributed by atoms with Crippen LogP contribution in [0.25, 0.3) is 0 Å². The number of carbonyl (C=O) groups is 3. The van der Waals surface area contributed by atoms with E-state index in [0.29, 0.717) is 4.68 Å². The Bertz CT molecular complexity index is 527. The molecule has 0 bridgehead atoms. The minimum atomic E-state index is -1.33. The molecule has 0 amide bonds. The molecule has 0 aromatic carbocycles. The predicted octanol–water partition coefficient (Wildman–Crippen LogP) is 2.87. The first kappa shape index (κ1) is 16.1. The molecule has 0 aliphatic rings. The van der Waals surface area contributed by atoms with Crippen LogP contribution >= 0.6 is 0 Å². The van der Waals surface area contributed by atoms with Gasteiger partial charge >= 0.3 is 6.09 Å². The molecule has 1 aromatic heterocycles. The van der Waals surface area contributed by atoms with Gasteiger partial charge in [-0.1, -0.05) is 41.5 Å². The van der Waals surface area contributed by atoms with Gasteiger partial charge in [0.25, 0.3) is 0 Å². The second-order valence-electron chi connectivity index (χ2n) is 6.78. The third kappa shape index (κ3) is 3.12. The SMILES string of the molecule is CC(C)(C)C(=O)c1cn(C(=O)O)nc1C(=O)C(C)(C)C. The van der Waals surface area contributed by atoms with E-state index in [-0.39, 0.29) is 22.8 Å². The van der Waals surface area contributed by atoms with E-state index in [4.69, 9.17) is 5.11 Å². The molecule has 0 saturated carbocycles. The summed E-state index contributed by atoms with van der Waals surface area (Å²) in [6, 6.07) is 0. The first-order valence-electron chi connectivity index (χ1n) is 6.28. The van der Waals surface area contributed by atoms with Crippen LogP contribution in [-0.4, -0.2) is 32.5 Å². The van der Waals surface area contributed by atoms with Crippen molar-refractivity contribution < 1.29 is 19.5 Å². The van der Waals surface area contributed by atoms with Gasteiger partial charge in [0.1, 0.15) is 5.69 Å². The van der Waals surface area contributed by atoms with E-state index in [2.05, 4.69) is 5.10 Å². The van der Waals surface area contributed by atoms with Crippen molar-refractivity contribution in [1.82, 2.24) is 9.78 Å². The molecular weight excluding hydrogens is 260 g/mol. The highest BCUT2D eigenvalue weighted by Crippen LogP contribution is 2.27. The van der Waals surface area contributed by atoms with Gasteiger partial charge in [-0.3, -0.25) is 9.59 Å². The van der Waals surface area contributed by atoms with E-state index < -0.39 is 16.9 Å². The first-order chi connectivity index (χ1) is 8.85. The molecule has 1 rings (SSSR count). The second-order valence-corrected chi connectivity index (χ2v) is 6.78. The molecule has 0 atom stereocenters. The van der Waals surface area contributed by atoms with Crippen LogP contribution in [-0.2, 0) is 0 Å². The summed E-state index contributed by atoms with van der Waals surface area (Å²) in [5.41, 5.74) is -1.50. The molecule has 0 radical (unpaired) electrons. The fraction of sp³-hybridized carbons (Fsp3) is 0.571. The van der Waals surface area contributed by atoms with Crippen molar-refractivity contribution in [2.45, 2.75) is 41.5 Å². The zero-order valence-electron chi connectivity index (χ0n) is 12.6. The predicted molar refractivity (Wildman–Crippen MR) is 73.2 cm³/mol. The van der Waals surface area contributed by atoms with E-state index >= 15 is 0 Å². The second kappa shape index (κ2) is 4.85. The molecule has 110 valence electrons. The van der Waals surface area contributed by atoms with Crippen molar-refractivity contribution >= 4 is 17.7 Å². The van der Waals surface area contributed by atoms with Gasteiger partial charge in [-0.25, -0.2) is 4.79 Å². The lowest BCUT2D eigenvalue weighted by molar-refractivity contribution is 0.0820. The summed E-state index contributed by atoms with van der Waals surface area (Å²) in [6.45, 7) is 10.2. The highest BCUT2D eigenvalue weighted by molar-refractivity contribution is 6.11. The molecule has 0 unspecified atom stereocenters.